The van der Waals surface area contributed by atoms with E-state index in [0.717, 1.165) is 0 Å². The second-order valence-electron chi connectivity index (χ2n) is 6.12. The van der Waals surface area contributed by atoms with E-state index in [-0.39, 0.29) is 5.69 Å². The fourth-order valence-corrected chi connectivity index (χ4v) is 2.44. The minimum Gasteiger partial charge on any atom is -0.479 e. The van der Waals surface area contributed by atoms with Gasteiger partial charge >= 0.3 is 11.7 Å². The van der Waals surface area contributed by atoms with E-state index in [0.29, 0.717) is 22.5 Å². The lowest BCUT2D eigenvalue weighted by atomic mass is 10.2. The van der Waals surface area contributed by atoms with Gasteiger partial charge < -0.3 is 24.8 Å². The summed E-state index contributed by atoms with van der Waals surface area (Å²) in [6.07, 6.45) is -2.06. The molecule has 1 amide bonds. The van der Waals surface area contributed by atoms with Gasteiger partial charge in [-0.3, -0.25) is 4.79 Å². The molecule has 0 spiro atoms. The van der Waals surface area contributed by atoms with Gasteiger partial charge in [-0.25, -0.2) is 14.0 Å². The summed E-state index contributed by atoms with van der Waals surface area (Å²) >= 11 is 0. The number of H-pyrrole nitrogens is 2. The molecule has 0 fully saturated rings. The Balaban J connectivity index is 1.56. The average molecular weight is 387 g/mol. The first-order chi connectivity index (χ1) is 13.3. The van der Waals surface area contributed by atoms with Crippen molar-refractivity contribution in [3.05, 3.63) is 58.8 Å². The Labute approximate surface area is 158 Å². The molecule has 8 nitrogen and oxygen atoms in total. The van der Waals surface area contributed by atoms with Gasteiger partial charge in [-0.15, -0.1) is 0 Å². The van der Waals surface area contributed by atoms with Crippen molar-refractivity contribution in [2.45, 2.75) is 26.1 Å². The van der Waals surface area contributed by atoms with Gasteiger partial charge in [-0.2, -0.15) is 0 Å². The van der Waals surface area contributed by atoms with Crippen LogP contribution in [0.4, 0.5) is 10.1 Å². The lowest BCUT2D eigenvalue weighted by molar-refractivity contribution is -0.159. The molecule has 3 aromatic rings. The summed E-state index contributed by atoms with van der Waals surface area (Å²) in [5.41, 5.74) is 1.23. The number of benzene rings is 2. The van der Waals surface area contributed by atoms with Crippen LogP contribution in [-0.4, -0.2) is 34.1 Å². The van der Waals surface area contributed by atoms with Crippen molar-refractivity contribution in [1.82, 2.24) is 9.97 Å². The van der Waals surface area contributed by atoms with Crippen LogP contribution in [0.1, 0.15) is 13.8 Å². The molecule has 0 aliphatic heterocycles. The Hall–Kier alpha value is -3.62. The van der Waals surface area contributed by atoms with Crippen LogP contribution in [0.5, 0.6) is 5.75 Å². The van der Waals surface area contributed by atoms with E-state index in [4.69, 9.17) is 9.47 Å². The average Bonchev–Trinajstić information content (AvgIpc) is 3.02. The molecule has 146 valence electrons. The molecule has 2 aromatic carbocycles. The summed E-state index contributed by atoms with van der Waals surface area (Å²) in [5.74, 6) is -1.40. The molecule has 0 aliphatic carbocycles. The number of carbonyl (C=O) groups excluding carboxylic acids is 2. The maximum atomic E-state index is 12.9. The second-order valence-corrected chi connectivity index (χ2v) is 6.12. The van der Waals surface area contributed by atoms with Crippen molar-refractivity contribution in [3.8, 4) is 5.75 Å². The third-order valence-electron chi connectivity index (χ3n) is 3.90. The van der Waals surface area contributed by atoms with Gasteiger partial charge in [0.05, 0.1) is 11.0 Å². The number of rotatable bonds is 6. The molecule has 1 aromatic heterocycles. The molecule has 2 atom stereocenters. The van der Waals surface area contributed by atoms with Crippen molar-refractivity contribution in [2.24, 2.45) is 0 Å². The largest absolute Gasteiger partial charge is 0.479 e. The summed E-state index contributed by atoms with van der Waals surface area (Å²) in [7, 11) is 0. The maximum absolute atomic E-state index is 12.9. The molecule has 1 heterocycles. The molecule has 0 saturated heterocycles. The Bertz CT molecular complexity index is 1060. The number of amides is 1. The molecule has 9 heteroatoms. The maximum Gasteiger partial charge on any atom is 0.347 e. The van der Waals surface area contributed by atoms with Crippen LogP contribution in [0, 0.1) is 5.82 Å². The number of esters is 1. The van der Waals surface area contributed by atoms with E-state index in [1.54, 1.807) is 18.2 Å². The van der Waals surface area contributed by atoms with Gasteiger partial charge in [0.25, 0.3) is 5.91 Å². The van der Waals surface area contributed by atoms with Crippen LogP contribution in [-0.2, 0) is 14.3 Å². The Kier molecular flexibility index (Phi) is 5.44. The highest BCUT2D eigenvalue weighted by atomic mass is 19.1. The van der Waals surface area contributed by atoms with E-state index in [1.807, 2.05) is 0 Å². The number of imidazole rings is 1. The fraction of sp³-hybridized carbons (Fsp3) is 0.211. The highest BCUT2D eigenvalue weighted by Crippen LogP contribution is 2.16. The van der Waals surface area contributed by atoms with Crippen LogP contribution < -0.4 is 15.7 Å². The van der Waals surface area contributed by atoms with Crippen molar-refractivity contribution in [2.75, 3.05) is 5.32 Å². The predicted octanol–water partition coefficient (Wildman–Crippen LogP) is 2.33. The smallest absolute Gasteiger partial charge is 0.347 e. The van der Waals surface area contributed by atoms with Gasteiger partial charge in [0, 0.05) is 5.69 Å². The monoisotopic (exact) mass is 387 g/mol. The normalized spacial score (nSPS) is 13.0. The minimum atomic E-state index is -1.08. The first kappa shape index (κ1) is 19.2. The molecular weight excluding hydrogens is 369 g/mol. The van der Waals surface area contributed by atoms with Crippen LogP contribution >= 0.6 is 0 Å². The Morgan fingerprint density at radius 3 is 2.39 bits per heavy atom. The van der Waals surface area contributed by atoms with E-state index in [2.05, 4.69) is 15.3 Å². The number of hydrogen-bond donors (Lipinski definition) is 3. The first-order valence-corrected chi connectivity index (χ1v) is 8.47. The number of nitrogens with one attached hydrogen (secondary N) is 3. The van der Waals surface area contributed by atoms with Crippen LogP contribution in [0.25, 0.3) is 11.0 Å². The predicted molar refractivity (Wildman–Crippen MR) is 99.6 cm³/mol. The summed E-state index contributed by atoms with van der Waals surface area (Å²) in [6, 6.07) is 10.0. The minimum absolute atomic E-state index is 0.303. The highest BCUT2D eigenvalue weighted by molar-refractivity contribution is 5.96. The topological polar surface area (TPSA) is 113 Å². The molecule has 3 N–H and O–H groups in total. The van der Waals surface area contributed by atoms with Crippen molar-refractivity contribution in [1.29, 1.82) is 0 Å². The first-order valence-electron chi connectivity index (χ1n) is 8.47. The van der Waals surface area contributed by atoms with Gasteiger partial charge in [-0.1, -0.05) is 0 Å². The van der Waals surface area contributed by atoms with Gasteiger partial charge in [0.15, 0.2) is 12.2 Å². The Morgan fingerprint density at radius 2 is 1.68 bits per heavy atom. The number of hydrogen-bond acceptors (Lipinski definition) is 5. The van der Waals surface area contributed by atoms with Crippen molar-refractivity contribution >= 4 is 28.6 Å². The molecular formula is C19H18FN3O5. The highest BCUT2D eigenvalue weighted by Gasteiger charge is 2.23. The van der Waals surface area contributed by atoms with Crippen LogP contribution in [0.2, 0.25) is 0 Å². The fourth-order valence-electron chi connectivity index (χ4n) is 2.44. The Morgan fingerprint density at radius 1 is 1.00 bits per heavy atom. The molecule has 0 bridgehead atoms. The van der Waals surface area contributed by atoms with E-state index in [1.165, 1.54) is 38.1 Å². The third-order valence-corrected chi connectivity index (χ3v) is 3.90. The number of carbonyl (C=O) groups is 2. The van der Waals surface area contributed by atoms with Gasteiger partial charge in [0.1, 0.15) is 11.6 Å². The molecule has 28 heavy (non-hydrogen) atoms. The van der Waals surface area contributed by atoms with E-state index >= 15 is 0 Å². The number of aromatic nitrogens is 2. The van der Waals surface area contributed by atoms with E-state index < -0.39 is 29.9 Å². The summed E-state index contributed by atoms with van der Waals surface area (Å²) in [5, 5.41) is 2.61. The molecule has 0 saturated carbocycles. The molecule has 0 unspecified atom stereocenters. The quantitative estimate of drug-likeness (QED) is 0.562. The van der Waals surface area contributed by atoms with Crippen LogP contribution in [0.3, 0.4) is 0 Å². The van der Waals surface area contributed by atoms with Crippen molar-refractivity contribution in [3.63, 3.8) is 0 Å². The summed E-state index contributed by atoms with van der Waals surface area (Å²) in [4.78, 5) is 40.8. The third kappa shape index (κ3) is 4.56. The zero-order valence-corrected chi connectivity index (χ0v) is 15.1. The molecule has 3 rings (SSSR count). The van der Waals surface area contributed by atoms with Crippen LogP contribution in [0.15, 0.2) is 47.3 Å². The zero-order chi connectivity index (χ0) is 20.3. The van der Waals surface area contributed by atoms with Gasteiger partial charge in [0.2, 0.25) is 0 Å². The van der Waals surface area contributed by atoms with Gasteiger partial charge in [-0.05, 0) is 56.3 Å². The standard InChI is InChI=1S/C19H18FN3O5/c1-10(28-18(25)11(2)27-14-6-3-12(20)4-7-14)17(24)21-13-5-8-15-16(9-13)23-19(26)22-15/h3-11H,1-2H3,(H,21,24)(H2,22,23,26)/t10-,11-/m1/s1. The lowest BCUT2D eigenvalue weighted by Crippen LogP contribution is -2.35. The number of fused-ring (bicyclic) bond motifs is 1. The summed E-state index contributed by atoms with van der Waals surface area (Å²) < 4.78 is 23.4. The number of anilines is 1. The lowest BCUT2D eigenvalue weighted by Gasteiger charge is -2.17. The second kappa shape index (κ2) is 7.95. The SMILES string of the molecule is C[C@@H](OC(=O)[C@@H](C)Oc1ccc(F)cc1)C(=O)Nc1ccc2[nH]c(=O)[nH]c2c1. The molecule has 0 radical (unpaired) electrons. The van der Waals surface area contributed by atoms with Crippen molar-refractivity contribution < 1.29 is 23.5 Å². The number of aromatic amines is 2. The molecule has 0 aliphatic rings. The summed E-state index contributed by atoms with van der Waals surface area (Å²) in [6.45, 7) is 2.89. The number of halogens is 1. The number of ether oxygens (including phenoxy) is 2. The zero-order valence-electron chi connectivity index (χ0n) is 15.1. The van der Waals surface area contributed by atoms with E-state index in [9.17, 15) is 18.8 Å².